The monoisotopic (exact) mass is 326 g/mol. The lowest BCUT2D eigenvalue weighted by Gasteiger charge is -2.47. The number of rotatable bonds is 3. The van der Waals surface area contributed by atoms with Crippen molar-refractivity contribution in [1.82, 2.24) is 5.32 Å². The SMILES string of the molecule is Cc1ccc(N2CC(CCO)NCC2(C)C)cc1Br. The van der Waals surface area contributed by atoms with Crippen LogP contribution in [0.4, 0.5) is 5.69 Å². The molecule has 0 bridgehead atoms. The molecule has 106 valence electrons. The van der Waals surface area contributed by atoms with Gasteiger partial charge >= 0.3 is 0 Å². The molecule has 0 amide bonds. The first-order chi connectivity index (χ1) is 8.94. The van der Waals surface area contributed by atoms with E-state index < -0.39 is 0 Å². The Bertz CT molecular complexity index is 448. The molecule has 1 aliphatic rings. The summed E-state index contributed by atoms with van der Waals surface area (Å²) >= 11 is 3.61. The van der Waals surface area contributed by atoms with Crippen LogP contribution in [0.25, 0.3) is 0 Å². The van der Waals surface area contributed by atoms with Gasteiger partial charge in [0.25, 0.3) is 0 Å². The van der Waals surface area contributed by atoms with E-state index in [-0.39, 0.29) is 12.1 Å². The predicted octanol–water partition coefficient (Wildman–Crippen LogP) is 2.70. The Morgan fingerprint density at radius 2 is 2.21 bits per heavy atom. The first-order valence-corrected chi connectivity index (χ1v) is 7.61. The average molecular weight is 327 g/mol. The van der Waals surface area contributed by atoms with Crippen LogP contribution in [0, 0.1) is 6.92 Å². The summed E-state index contributed by atoms with van der Waals surface area (Å²) in [7, 11) is 0. The second-order valence-electron chi connectivity index (χ2n) is 5.95. The fourth-order valence-electron chi connectivity index (χ4n) is 2.58. The van der Waals surface area contributed by atoms with Crippen molar-refractivity contribution in [1.29, 1.82) is 0 Å². The molecule has 2 N–H and O–H groups in total. The molecule has 1 unspecified atom stereocenters. The lowest BCUT2D eigenvalue weighted by molar-refractivity contribution is 0.239. The lowest BCUT2D eigenvalue weighted by atomic mass is 9.95. The normalized spacial score (nSPS) is 22.6. The molecule has 4 heteroatoms. The molecule has 1 aromatic rings. The van der Waals surface area contributed by atoms with Crippen molar-refractivity contribution < 1.29 is 5.11 Å². The van der Waals surface area contributed by atoms with Crippen LogP contribution in [-0.4, -0.2) is 36.4 Å². The number of benzene rings is 1. The molecule has 0 radical (unpaired) electrons. The van der Waals surface area contributed by atoms with Crippen LogP contribution in [0.1, 0.15) is 25.8 Å². The van der Waals surface area contributed by atoms with Crippen LogP contribution in [0.3, 0.4) is 0 Å². The Kier molecular flexibility index (Phi) is 4.54. The molecule has 1 aliphatic heterocycles. The zero-order valence-corrected chi connectivity index (χ0v) is 13.5. The molecule has 1 saturated heterocycles. The zero-order chi connectivity index (χ0) is 14.0. The van der Waals surface area contributed by atoms with Crippen molar-refractivity contribution in [3.05, 3.63) is 28.2 Å². The molecule has 0 saturated carbocycles. The topological polar surface area (TPSA) is 35.5 Å². The molecule has 0 aliphatic carbocycles. The van der Waals surface area contributed by atoms with Crippen molar-refractivity contribution in [3.63, 3.8) is 0 Å². The second kappa shape index (κ2) is 5.81. The Labute approximate surface area is 124 Å². The predicted molar refractivity (Wildman–Crippen MR) is 83.8 cm³/mol. The van der Waals surface area contributed by atoms with E-state index in [2.05, 4.69) is 65.1 Å². The van der Waals surface area contributed by atoms with E-state index in [4.69, 9.17) is 5.11 Å². The third-order valence-corrected chi connectivity index (χ3v) is 4.76. The van der Waals surface area contributed by atoms with Crippen LogP contribution in [0.15, 0.2) is 22.7 Å². The first-order valence-electron chi connectivity index (χ1n) is 6.82. The smallest absolute Gasteiger partial charge is 0.0471 e. The number of aliphatic hydroxyl groups excluding tert-OH is 1. The van der Waals surface area contributed by atoms with E-state index in [1.54, 1.807) is 0 Å². The second-order valence-corrected chi connectivity index (χ2v) is 6.80. The maximum atomic E-state index is 9.12. The summed E-state index contributed by atoms with van der Waals surface area (Å²) in [6, 6.07) is 6.89. The number of halogens is 1. The van der Waals surface area contributed by atoms with E-state index in [0.29, 0.717) is 6.04 Å². The lowest BCUT2D eigenvalue weighted by Crippen LogP contribution is -2.62. The molecule has 19 heavy (non-hydrogen) atoms. The summed E-state index contributed by atoms with van der Waals surface area (Å²) < 4.78 is 1.15. The number of aryl methyl sites for hydroxylation is 1. The van der Waals surface area contributed by atoms with Crippen molar-refractivity contribution in [2.75, 3.05) is 24.6 Å². The van der Waals surface area contributed by atoms with Crippen molar-refractivity contribution in [3.8, 4) is 0 Å². The van der Waals surface area contributed by atoms with Gasteiger partial charge in [0.1, 0.15) is 0 Å². The Morgan fingerprint density at radius 3 is 2.84 bits per heavy atom. The Balaban J connectivity index is 2.25. The fourth-order valence-corrected chi connectivity index (χ4v) is 2.94. The highest BCUT2D eigenvalue weighted by atomic mass is 79.9. The highest BCUT2D eigenvalue weighted by Gasteiger charge is 2.33. The van der Waals surface area contributed by atoms with Gasteiger partial charge in [-0.05, 0) is 44.9 Å². The minimum Gasteiger partial charge on any atom is -0.396 e. The van der Waals surface area contributed by atoms with Gasteiger partial charge in [-0.3, -0.25) is 0 Å². The summed E-state index contributed by atoms with van der Waals surface area (Å²) in [5.41, 5.74) is 2.58. The minimum absolute atomic E-state index is 0.0840. The molecule has 1 aromatic carbocycles. The largest absolute Gasteiger partial charge is 0.396 e. The van der Waals surface area contributed by atoms with Gasteiger partial charge < -0.3 is 15.3 Å². The first kappa shape index (κ1) is 14.8. The number of nitrogens with zero attached hydrogens (tertiary/aromatic N) is 1. The molecule has 2 rings (SSSR count). The Morgan fingerprint density at radius 1 is 1.47 bits per heavy atom. The maximum Gasteiger partial charge on any atom is 0.0471 e. The highest BCUT2D eigenvalue weighted by Crippen LogP contribution is 2.30. The van der Waals surface area contributed by atoms with Gasteiger partial charge in [0.2, 0.25) is 0 Å². The zero-order valence-electron chi connectivity index (χ0n) is 11.9. The van der Waals surface area contributed by atoms with E-state index >= 15 is 0 Å². The third kappa shape index (κ3) is 3.30. The van der Waals surface area contributed by atoms with Crippen molar-refractivity contribution in [2.24, 2.45) is 0 Å². The van der Waals surface area contributed by atoms with Gasteiger partial charge in [0.15, 0.2) is 0 Å². The summed E-state index contributed by atoms with van der Waals surface area (Å²) in [6.45, 7) is 8.72. The summed E-state index contributed by atoms with van der Waals surface area (Å²) in [4.78, 5) is 2.44. The van der Waals surface area contributed by atoms with Crippen LogP contribution in [0.5, 0.6) is 0 Å². The number of piperazine rings is 1. The van der Waals surface area contributed by atoms with Crippen LogP contribution < -0.4 is 10.2 Å². The quantitative estimate of drug-likeness (QED) is 0.896. The van der Waals surface area contributed by atoms with Gasteiger partial charge in [-0.2, -0.15) is 0 Å². The van der Waals surface area contributed by atoms with Gasteiger partial charge in [0.05, 0.1) is 0 Å². The van der Waals surface area contributed by atoms with Gasteiger partial charge in [-0.15, -0.1) is 0 Å². The number of hydrogen-bond donors (Lipinski definition) is 2. The summed E-state index contributed by atoms with van der Waals surface area (Å²) in [6.07, 6.45) is 0.805. The average Bonchev–Trinajstić information content (AvgIpc) is 2.35. The van der Waals surface area contributed by atoms with E-state index in [1.807, 2.05) is 0 Å². The van der Waals surface area contributed by atoms with E-state index in [0.717, 1.165) is 24.0 Å². The van der Waals surface area contributed by atoms with Crippen LogP contribution >= 0.6 is 15.9 Å². The number of aliphatic hydroxyl groups is 1. The van der Waals surface area contributed by atoms with Gasteiger partial charge in [-0.1, -0.05) is 22.0 Å². The number of anilines is 1. The molecule has 1 fully saturated rings. The van der Waals surface area contributed by atoms with E-state index in [1.165, 1.54) is 11.3 Å². The Hall–Kier alpha value is -0.580. The molecule has 0 spiro atoms. The molecule has 0 aromatic heterocycles. The summed E-state index contributed by atoms with van der Waals surface area (Å²) in [5, 5.41) is 12.6. The summed E-state index contributed by atoms with van der Waals surface area (Å²) in [5.74, 6) is 0. The molecule has 1 atom stereocenters. The highest BCUT2D eigenvalue weighted by molar-refractivity contribution is 9.10. The van der Waals surface area contributed by atoms with Crippen LogP contribution in [0.2, 0.25) is 0 Å². The number of nitrogens with one attached hydrogen (secondary N) is 1. The van der Waals surface area contributed by atoms with Crippen molar-refractivity contribution >= 4 is 21.6 Å². The van der Waals surface area contributed by atoms with Gasteiger partial charge in [-0.25, -0.2) is 0 Å². The molecule has 3 nitrogen and oxygen atoms in total. The van der Waals surface area contributed by atoms with Crippen LogP contribution in [-0.2, 0) is 0 Å². The van der Waals surface area contributed by atoms with Crippen molar-refractivity contribution in [2.45, 2.75) is 38.8 Å². The van der Waals surface area contributed by atoms with E-state index in [9.17, 15) is 0 Å². The molecular formula is C15H23BrN2O. The molecular weight excluding hydrogens is 304 g/mol. The minimum atomic E-state index is 0.0840. The third-order valence-electron chi connectivity index (χ3n) is 3.90. The fraction of sp³-hybridized carbons (Fsp3) is 0.600. The molecule has 1 heterocycles. The maximum absolute atomic E-state index is 9.12. The van der Waals surface area contributed by atoms with Gasteiger partial charge in [0, 0.05) is 41.4 Å². The standard InChI is InChI=1S/C15H23BrN2O/c1-11-4-5-13(8-14(11)16)18-9-12(6-7-19)17-10-15(18,2)3/h4-5,8,12,17,19H,6-7,9-10H2,1-3H3. The number of hydrogen-bond acceptors (Lipinski definition) is 3.